The quantitative estimate of drug-likeness (QED) is 0.830. The van der Waals surface area contributed by atoms with Crippen LogP contribution in [-0.2, 0) is 6.54 Å². The molecule has 1 aromatic rings. The zero-order valence-corrected chi connectivity index (χ0v) is 9.62. The lowest BCUT2D eigenvalue weighted by molar-refractivity contribution is -0.0181. The van der Waals surface area contributed by atoms with Crippen LogP contribution in [0.3, 0.4) is 0 Å². The topological polar surface area (TPSA) is 23.5 Å². The van der Waals surface area contributed by atoms with Gasteiger partial charge in [-0.3, -0.25) is 4.90 Å². The summed E-state index contributed by atoms with van der Waals surface area (Å²) in [6.07, 6.45) is 1.86. The predicted octanol–water partition coefficient (Wildman–Crippen LogP) is 2.17. The van der Waals surface area contributed by atoms with Crippen molar-refractivity contribution in [2.24, 2.45) is 0 Å². The minimum absolute atomic E-state index is 0.193. The molecule has 1 unspecified atom stereocenters. The molecule has 1 atom stereocenters. The van der Waals surface area contributed by atoms with Crippen molar-refractivity contribution in [2.45, 2.75) is 31.9 Å². The summed E-state index contributed by atoms with van der Waals surface area (Å²) in [6, 6.07) is 6.67. The van der Waals surface area contributed by atoms with Gasteiger partial charge in [-0.15, -0.1) is 0 Å². The van der Waals surface area contributed by atoms with Gasteiger partial charge >= 0.3 is 0 Å². The molecule has 0 bridgehead atoms. The summed E-state index contributed by atoms with van der Waals surface area (Å²) in [5, 5.41) is 9.96. The van der Waals surface area contributed by atoms with Crippen LogP contribution < -0.4 is 0 Å². The Morgan fingerprint density at radius 2 is 2.31 bits per heavy atom. The van der Waals surface area contributed by atoms with Crippen LogP contribution in [0.25, 0.3) is 0 Å². The molecule has 1 fully saturated rings. The second kappa shape index (κ2) is 4.52. The zero-order valence-electron chi connectivity index (χ0n) is 9.62. The molecule has 1 aliphatic heterocycles. The Labute approximate surface area is 95.7 Å². The van der Waals surface area contributed by atoms with Crippen molar-refractivity contribution in [2.75, 3.05) is 13.1 Å². The van der Waals surface area contributed by atoms with Crippen LogP contribution in [0.5, 0.6) is 0 Å². The van der Waals surface area contributed by atoms with Crippen LogP contribution in [0.1, 0.15) is 25.3 Å². The minimum atomic E-state index is -0.592. The van der Waals surface area contributed by atoms with E-state index in [2.05, 4.69) is 4.90 Å². The number of likely N-dealkylation sites (tertiary alicyclic amines) is 1. The SMILES string of the molecule is CC1(O)CCCN(Cc2cccc(F)c2)C1. The second-order valence-corrected chi connectivity index (χ2v) is 4.94. The van der Waals surface area contributed by atoms with Gasteiger partial charge in [0.05, 0.1) is 5.60 Å². The summed E-state index contributed by atoms with van der Waals surface area (Å²) in [7, 11) is 0. The van der Waals surface area contributed by atoms with Gasteiger partial charge in [-0.2, -0.15) is 0 Å². The van der Waals surface area contributed by atoms with E-state index in [0.29, 0.717) is 13.1 Å². The predicted molar refractivity (Wildman–Crippen MR) is 61.5 cm³/mol. The van der Waals surface area contributed by atoms with Crippen LogP contribution in [0.2, 0.25) is 0 Å². The molecule has 1 saturated heterocycles. The highest BCUT2D eigenvalue weighted by atomic mass is 19.1. The lowest BCUT2D eigenvalue weighted by atomic mass is 9.95. The Balaban J connectivity index is 1.99. The van der Waals surface area contributed by atoms with Gasteiger partial charge in [-0.1, -0.05) is 12.1 Å². The summed E-state index contributed by atoms with van der Waals surface area (Å²) < 4.78 is 13.0. The number of piperidine rings is 1. The number of β-amino-alcohol motifs (C(OH)–C–C–N with tert-alkyl or cyclic N) is 1. The van der Waals surface area contributed by atoms with E-state index in [-0.39, 0.29) is 5.82 Å². The lowest BCUT2D eigenvalue weighted by Crippen LogP contribution is -2.45. The van der Waals surface area contributed by atoms with Gasteiger partial charge in [0.25, 0.3) is 0 Å². The first-order valence-electron chi connectivity index (χ1n) is 5.74. The van der Waals surface area contributed by atoms with E-state index in [4.69, 9.17) is 0 Å². The average Bonchev–Trinajstić information content (AvgIpc) is 2.15. The molecule has 3 heteroatoms. The third-order valence-corrected chi connectivity index (χ3v) is 3.05. The third-order valence-electron chi connectivity index (χ3n) is 3.05. The van der Waals surface area contributed by atoms with E-state index in [1.165, 1.54) is 6.07 Å². The highest BCUT2D eigenvalue weighted by Crippen LogP contribution is 2.21. The van der Waals surface area contributed by atoms with Crippen molar-refractivity contribution in [1.82, 2.24) is 4.90 Å². The van der Waals surface area contributed by atoms with E-state index in [1.807, 2.05) is 13.0 Å². The van der Waals surface area contributed by atoms with E-state index in [9.17, 15) is 9.50 Å². The van der Waals surface area contributed by atoms with Crippen molar-refractivity contribution in [3.63, 3.8) is 0 Å². The Morgan fingerprint density at radius 1 is 1.50 bits per heavy atom. The fraction of sp³-hybridized carbons (Fsp3) is 0.538. The van der Waals surface area contributed by atoms with Gasteiger partial charge in [0.2, 0.25) is 0 Å². The number of benzene rings is 1. The molecular formula is C13H18FNO. The van der Waals surface area contributed by atoms with E-state index in [1.54, 1.807) is 12.1 Å². The molecule has 1 N–H and O–H groups in total. The molecular weight excluding hydrogens is 205 g/mol. The van der Waals surface area contributed by atoms with Crippen LogP contribution in [0, 0.1) is 5.82 Å². The number of halogens is 1. The van der Waals surface area contributed by atoms with Gasteiger partial charge < -0.3 is 5.11 Å². The number of nitrogens with zero attached hydrogens (tertiary/aromatic N) is 1. The summed E-state index contributed by atoms with van der Waals surface area (Å²) in [6.45, 7) is 4.23. The average molecular weight is 223 g/mol. The van der Waals surface area contributed by atoms with Crippen molar-refractivity contribution in [1.29, 1.82) is 0 Å². The Bertz CT molecular complexity index is 365. The van der Waals surface area contributed by atoms with Gasteiger partial charge in [-0.25, -0.2) is 4.39 Å². The van der Waals surface area contributed by atoms with Crippen molar-refractivity contribution < 1.29 is 9.50 Å². The summed E-state index contributed by atoms with van der Waals surface area (Å²) >= 11 is 0. The first-order valence-corrected chi connectivity index (χ1v) is 5.74. The molecule has 88 valence electrons. The highest BCUT2D eigenvalue weighted by Gasteiger charge is 2.28. The second-order valence-electron chi connectivity index (χ2n) is 4.94. The Morgan fingerprint density at radius 3 is 3.00 bits per heavy atom. The first-order chi connectivity index (χ1) is 7.55. The fourth-order valence-corrected chi connectivity index (χ4v) is 2.35. The maximum Gasteiger partial charge on any atom is 0.123 e. The Kier molecular flexibility index (Phi) is 3.26. The summed E-state index contributed by atoms with van der Waals surface area (Å²) in [4.78, 5) is 2.18. The summed E-state index contributed by atoms with van der Waals surface area (Å²) in [5.41, 5.74) is 0.378. The molecule has 1 aromatic carbocycles. The van der Waals surface area contributed by atoms with E-state index in [0.717, 1.165) is 24.9 Å². The summed E-state index contributed by atoms with van der Waals surface area (Å²) in [5.74, 6) is -0.193. The molecule has 2 rings (SSSR count). The fourth-order valence-electron chi connectivity index (χ4n) is 2.35. The Hall–Kier alpha value is -0.930. The molecule has 0 aromatic heterocycles. The normalized spacial score (nSPS) is 26.9. The minimum Gasteiger partial charge on any atom is -0.389 e. The number of rotatable bonds is 2. The van der Waals surface area contributed by atoms with Gasteiger partial charge in [0.15, 0.2) is 0 Å². The molecule has 1 aliphatic rings. The molecule has 0 spiro atoms. The third kappa shape index (κ3) is 3.03. The van der Waals surface area contributed by atoms with Crippen LogP contribution in [0.15, 0.2) is 24.3 Å². The van der Waals surface area contributed by atoms with Gasteiger partial charge in [-0.05, 0) is 44.0 Å². The lowest BCUT2D eigenvalue weighted by Gasteiger charge is -2.36. The van der Waals surface area contributed by atoms with Gasteiger partial charge in [0, 0.05) is 13.1 Å². The highest BCUT2D eigenvalue weighted by molar-refractivity contribution is 5.16. The maximum absolute atomic E-state index is 13.0. The molecule has 1 heterocycles. The van der Waals surface area contributed by atoms with E-state index < -0.39 is 5.60 Å². The number of aliphatic hydroxyl groups is 1. The van der Waals surface area contributed by atoms with Crippen LogP contribution in [-0.4, -0.2) is 28.7 Å². The molecule has 2 nitrogen and oxygen atoms in total. The zero-order chi connectivity index (χ0) is 11.6. The number of hydrogen-bond donors (Lipinski definition) is 1. The largest absolute Gasteiger partial charge is 0.389 e. The standard InChI is InChI=1S/C13H18FNO/c1-13(16)6-3-7-15(10-13)9-11-4-2-5-12(14)8-11/h2,4-5,8,16H,3,6-7,9-10H2,1H3. The molecule has 16 heavy (non-hydrogen) atoms. The van der Waals surface area contributed by atoms with Crippen LogP contribution >= 0.6 is 0 Å². The van der Waals surface area contributed by atoms with Crippen molar-refractivity contribution in [3.8, 4) is 0 Å². The van der Waals surface area contributed by atoms with Crippen LogP contribution in [0.4, 0.5) is 4.39 Å². The monoisotopic (exact) mass is 223 g/mol. The number of hydrogen-bond acceptors (Lipinski definition) is 2. The molecule has 0 aliphatic carbocycles. The molecule has 0 saturated carbocycles. The maximum atomic E-state index is 13.0. The molecule has 0 amide bonds. The van der Waals surface area contributed by atoms with E-state index >= 15 is 0 Å². The van der Waals surface area contributed by atoms with Gasteiger partial charge in [0.1, 0.15) is 5.82 Å². The smallest absolute Gasteiger partial charge is 0.123 e. The first kappa shape index (κ1) is 11.6. The van der Waals surface area contributed by atoms with Crippen molar-refractivity contribution in [3.05, 3.63) is 35.6 Å². The van der Waals surface area contributed by atoms with Crippen molar-refractivity contribution >= 4 is 0 Å². The molecule has 0 radical (unpaired) electrons.